The molecule has 15 heavy (non-hydrogen) atoms. The molecular formula is C10H14ClN3O. The van der Waals surface area contributed by atoms with E-state index >= 15 is 0 Å². The summed E-state index contributed by atoms with van der Waals surface area (Å²) in [5.74, 6) is 0.794. The summed E-state index contributed by atoms with van der Waals surface area (Å²) >= 11 is 5.75. The van der Waals surface area contributed by atoms with Crippen LogP contribution in [0.1, 0.15) is 18.9 Å². The van der Waals surface area contributed by atoms with Crippen LogP contribution < -0.4 is 5.32 Å². The molecule has 4 nitrogen and oxygen atoms in total. The van der Waals surface area contributed by atoms with Crippen molar-refractivity contribution >= 4 is 17.4 Å². The van der Waals surface area contributed by atoms with Gasteiger partial charge in [0.2, 0.25) is 5.28 Å². The third-order valence-electron chi connectivity index (χ3n) is 2.58. The van der Waals surface area contributed by atoms with Gasteiger partial charge in [0.25, 0.3) is 0 Å². The standard InChI is InChI=1S/C10H14ClN3O/c1-7-5-12-9(11)13-8(7)14-10(2)3-4-15-6-10/h5H,3-4,6H2,1-2H3,(H,12,13,14). The molecule has 1 atom stereocenters. The topological polar surface area (TPSA) is 47.0 Å². The van der Waals surface area contributed by atoms with Crippen molar-refractivity contribution in [3.8, 4) is 0 Å². The molecule has 1 aliphatic heterocycles. The van der Waals surface area contributed by atoms with E-state index in [1.807, 2.05) is 6.92 Å². The van der Waals surface area contributed by atoms with Crippen molar-refractivity contribution in [1.82, 2.24) is 9.97 Å². The van der Waals surface area contributed by atoms with E-state index in [9.17, 15) is 0 Å². The molecule has 1 fully saturated rings. The SMILES string of the molecule is Cc1cnc(Cl)nc1NC1(C)CCOC1. The monoisotopic (exact) mass is 227 g/mol. The molecule has 0 saturated carbocycles. The highest BCUT2D eigenvalue weighted by Gasteiger charge is 2.30. The van der Waals surface area contributed by atoms with Gasteiger partial charge in [-0.15, -0.1) is 0 Å². The Kier molecular flexibility index (Phi) is 2.80. The predicted molar refractivity (Wildman–Crippen MR) is 59.2 cm³/mol. The average molecular weight is 228 g/mol. The quantitative estimate of drug-likeness (QED) is 0.786. The Hall–Kier alpha value is -0.870. The maximum Gasteiger partial charge on any atom is 0.224 e. The zero-order valence-electron chi connectivity index (χ0n) is 8.88. The molecule has 0 aliphatic carbocycles. The van der Waals surface area contributed by atoms with Gasteiger partial charge >= 0.3 is 0 Å². The molecule has 0 amide bonds. The van der Waals surface area contributed by atoms with Gasteiger partial charge in [-0.2, -0.15) is 0 Å². The number of hydrogen-bond donors (Lipinski definition) is 1. The number of nitrogens with one attached hydrogen (secondary N) is 1. The van der Waals surface area contributed by atoms with Gasteiger partial charge in [-0.05, 0) is 31.9 Å². The minimum atomic E-state index is -0.0392. The second-order valence-electron chi connectivity index (χ2n) is 4.16. The summed E-state index contributed by atoms with van der Waals surface area (Å²) in [7, 11) is 0. The van der Waals surface area contributed by atoms with E-state index in [0.29, 0.717) is 6.61 Å². The third-order valence-corrected chi connectivity index (χ3v) is 2.76. The molecule has 1 aromatic rings. The lowest BCUT2D eigenvalue weighted by Crippen LogP contribution is -2.35. The van der Waals surface area contributed by atoms with Crippen molar-refractivity contribution in [3.63, 3.8) is 0 Å². The minimum Gasteiger partial charge on any atom is -0.379 e. The maximum absolute atomic E-state index is 5.75. The Morgan fingerprint density at radius 2 is 2.40 bits per heavy atom. The van der Waals surface area contributed by atoms with Crippen molar-refractivity contribution < 1.29 is 4.74 Å². The summed E-state index contributed by atoms with van der Waals surface area (Å²) in [6, 6.07) is 0. The number of aromatic nitrogens is 2. The van der Waals surface area contributed by atoms with E-state index in [2.05, 4.69) is 22.2 Å². The van der Waals surface area contributed by atoms with Crippen LogP contribution in [0, 0.1) is 6.92 Å². The first-order valence-electron chi connectivity index (χ1n) is 4.94. The molecule has 2 heterocycles. The maximum atomic E-state index is 5.75. The van der Waals surface area contributed by atoms with E-state index in [1.165, 1.54) is 0 Å². The van der Waals surface area contributed by atoms with E-state index in [4.69, 9.17) is 16.3 Å². The average Bonchev–Trinajstić information content (AvgIpc) is 2.59. The number of nitrogens with zero attached hydrogens (tertiary/aromatic N) is 2. The molecule has 1 unspecified atom stereocenters. The lowest BCUT2D eigenvalue weighted by atomic mass is 10.0. The first kappa shape index (κ1) is 10.6. The van der Waals surface area contributed by atoms with Crippen LogP contribution in [0.3, 0.4) is 0 Å². The van der Waals surface area contributed by atoms with Gasteiger partial charge in [-0.1, -0.05) is 0 Å². The molecule has 82 valence electrons. The fraction of sp³-hybridized carbons (Fsp3) is 0.600. The largest absolute Gasteiger partial charge is 0.379 e. The molecule has 0 bridgehead atoms. The molecule has 1 saturated heterocycles. The number of rotatable bonds is 2. The fourth-order valence-electron chi connectivity index (χ4n) is 1.60. The van der Waals surface area contributed by atoms with Gasteiger partial charge in [0.15, 0.2) is 0 Å². The molecule has 2 rings (SSSR count). The summed E-state index contributed by atoms with van der Waals surface area (Å²) in [5, 5.41) is 3.63. The third kappa shape index (κ3) is 2.38. The molecule has 0 radical (unpaired) electrons. The summed E-state index contributed by atoms with van der Waals surface area (Å²) in [6.45, 7) is 5.57. The first-order valence-corrected chi connectivity index (χ1v) is 5.32. The normalized spacial score (nSPS) is 25.5. The van der Waals surface area contributed by atoms with Gasteiger partial charge in [0, 0.05) is 18.4 Å². The number of anilines is 1. The van der Waals surface area contributed by atoms with Crippen LogP contribution in [0.5, 0.6) is 0 Å². The zero-order valence-corrected chi connectivity index (χ0v) is 9.64. The lowest BCUT2D eigenvalue weighted by molar-refractivity contribution is 0.185. The Balaban J connectivity index is 2.19. The molecule has 0 aromatic carbocycles. The van der Waals surface area contributed by atoms with Crippen LogP contribution in [0.4, 0.5) is 5.82 Å². The summed E-state index contributed by atoms with van der Waals surface area (Å²) in [4.78, 5) is 8.09. The van der Waals surface area contributed by atoms with E-state index in [1.54, 1.807) is 6.20 Å². The predicted octanol–water partition coefficient (Wildman–Crippen LogP) is 2.03. The number of hydrogen-bond acceptors (Lipinski definition) is 4. The molecule has 1 aromatic heterocycles. The second kappa shape index (κ2) is 3.94. The van der Waals surface area contributed by atoms with Crippen LogP contribution in [0.2, 0.25) is 5.28 Å². The van der Waals surface area contributed by atoms with Crippen LogP contribution in [0.25, 0.3) is 0 Å². The lowest BCUT2D eigenvalue weighted by Gasteiger charge is -2.25. The van der Waals surface area contributed by atoms with Gasteiger partial charge in [0.05, 0.1) is 12.1 Å². The Labute approximate surface area is 94.0 Å². The molecule has 1 N–H and O–H groups in total. The minimum absolute atomic E-state index is 0.0392. The molecule has 0 spiro atoms. The first-order chi connectivity index (χ1) is 7.09. The van der Waals surface area contributed by atoms with Crippen molar-refractivity contribution in [3.05, 3.63) is 17.0 Å². The molecular weight excluding hydrogens is 214 g/mol. The second-order valence-corrected chi connectivity index (χ2v) is 4.50. The van der Waals surface area contributed by atoms with Gasteiger partial charge in [0.1, 0.15) is 5.82 Å². The summed E-state index contributed by atoms with van der Waals surface area (Å²) < 4.78 is 5.36. The van der Waals surface area contributed by atoms with Crippen LogP contribution in [-0.2, 0) is 4.74 Å². The van der Waals surface area contributed by atoms with Crippen LogP contribution in [0.15, 0.2) is 6.20 Å². The van der Waals surface area contributed by atoms with E-state index < -0.39 is 0 Å². The molecule has 1 aliphatic rings. The van der Waals surface area contributed by atoms with Crippen molar-refractivity contribution in [2.45, 2.75) is 25.8 Å². The Bertz CT molecular complexity index is 364. The summed E-state index contributed by atoms with van der Waals surface area (Å²) in [5.41, 5.74) is 0.954. The highest BCUT2D eigenvalue weighted by atomic mass is 35.5. The van der Waals surface area contributed by atoms with Crippen molar-refractivity contribution in [2.24, 2.45) is 0 Å². The van der Waals surface area contributed by atoms with Gasteiger partial charge in [-0.25, -0.2) is 9.97 Å². The highest BCUT2D eigenvalue weighted by molar-refractivity contribution is 6.28. The fourth-order valence-corrected chi connectivity index (χ4v) is 1.73. The van der Waals surface area contributed by atoms with E-state index in [-0.39, 0.29) is 10.8 Å². The smallest absolute Gasteiger partial charge is 0.224 e. The Morgan fingerprint density at radius 1 is 1.60 bits per heavy atom. The summed E-state index contributed by atoms with van der Waals surface area (Å²) in [6.07, 6.45) is 2.70. The number of aryl methyl sites for hydroxylation is 1. The highest BCUT2D eigenvalue weighted by Crippen LogP contribution is 2.24. The van der Waals surface area contributed by atoms with Crippen LogP contribution in [-0.4, -0.2) is 28.7 Å². The Morgan fingerprint density at radius 3 is 3.07 bits per heavy atom. The molecule has 5 heteroatoms. The van der Waals surface area contributed by atoms with Gasteiger partial charge in [-0.3, -0.25) is 0 Å². The van der Waals surface area contributed by atoms with Crippen molar-refractivity contribution in [2.75, 3.05) is 18.5 Å². The van der Waals surface area contributed by atoms with Crippen molar-refractivity contribution in [1.29, 1.82) is 0 Å². The van der Waals surface area contributed by atoms with Crippen LogP contribution >= 0.6 is 11.6 Å². The number of halogens is 1. The van der Waals surface area contributed by atoms with Gasteiger partial charge < -0.3 is 10.1 Å². The zero-order chi connectivity index (χ0) is 10.9. The van der Waals surface area contributed by atoms with E-state index in [0.717, 1.165) is 24.4 Å². The number of ether oxygens (including phenoxy) is 1.